The fourth-order valence-corrected chi connectivity index (χ4v) is 4.75. The van der Waals surface area contributed by atoms with Gasteiger partial charge in [-0.2, -0.15) is 0 Å². The summed E-state index contributed by atoms with van der Waals surface area (Å²) >= 11 is 36.9. The molecule has 0 radical (unpaired) electrons. The Balaban J connectivity index is 3.72. The van der Waals surface area contributed by atoms with Crippen molar-refractivity contribution in [3.05, 3.63) is 0 Å². The second-order valence-corrected chi connectivity index (χ2v) is 9.78. The molecule has 0 spiro atoms. The van der Waals surface area contributed by atoms with Crippen LogP contribution in [0.2, 0.25) is 0 Å². The molecule has 0 aromatic rings. The molecule has 0 saturated heterocycles. The number of alkyl halides is 6. The highest BCUT2D eigenvalue weighted by Gasteiger charge is 2.17. The van der Waals surface area contributed by atoms with Crippen molar-refractivity contribution < 1.29 is 0 Å². The summed E-state index contributed by atoms with van der Waals surface area (Å²) in [5.74, 6) is 0. The predicted octanol–water partition coefficient (Wildman–Crippen LogP) is 7.40. The van der Waals surface area contributed by atoms with Crippen LogP contribution in [0.15, 0.2) is 0 Å². The Bertz CT molecular complexity index is 222. The Kier molecular flexibility index (Phi) is 14.2. The lowest BCUT2D eigenvalue weighted by Crippen LogP contribution is -2.14. The molecule has 0 amide bonds. The maximum absolute atomic E-state index is 6.30. The first-order valence-electron chi connectivity index (χ1n) is 7.55. The molecule has 0 aromatic heterocycles. The van der Waals surface area contributed by atoms with Crippen LogP contribution in [0.4, 0.5) is 0 Å². The molecular weight excluding hydrogens is 393 g/mol. The van der Waals surface area contributed by atoms with Gasteiger partial charge in [-0.25, -0.2) is 0 Å². The average molecular weight is 419 g/mol. The van der Waals surface area contributed by atoms with Gasteiger partial charge in [-0.1, -0.05) is 6.42 Å². The molecule has 0 aliphatic heterocycles. The molecule has 0 aliphatic rings. The van der Waals surface area contributed by atoms with E-state index in [0.29, 0.717) is 0 Å². The van der Waals surface area contributed by atoms with Crippen molar-refractivity contribution in [3.63, 3.8) is 0 Å². The van der Waals surface area contributed by atoms with E-state index in [9.17, 15) is 0 Å². The van der Waals surface area contributed by atoms with Crippen LogP contribution in [0.1, 0.15) is 58.8 Å². The Morgan fingerprint density at radius 1 is 0.524 bits per heavy atom. The van der Waals surface area contributed by atoms with Crippen molar-refractivity contribution in [2.45, 2.75) is 91.1 Å². The maximum Gasteiger partial charge on any atom is 0.0364 e. The minimum Gasteiger partial charge on any atom is -0.123 e. The molecule has 0 bridgehead atoms. The molecule has 0 aliphatic carbocycles. The third-order valence-electron chi connectivity index (χ3n) is 3.22. The van der Waals surface area contributed by atoms with Crippen LogP contribution in [-0.4, -0.2) is 32.3 Å². The Morgan fingerprint density at radius 2 is 0.857 bits per heavy atom. The van der Waals surface area contributed by atoms with Gasteiger partial charge in [-0.3, -0.25) is 0 Å². The van der Waals surface area contributed by atoms with E-state index >= 15 is 0 Å². The second kappa shape index (κ2) is 13.1. The first kappa shape index (κ1) is 22.7. The number of hydrogen-bond donors (Lipinski definition) is 0. The number of hydrogen-bond acceptors (Lipinski definition) is 0. The van der Waals surface area contributed by atoms with E-state index in [1.165, 1.54) is 0 Å². The van der Waals surface area contributed by atoms with Crippen LogP contribution in [0, 0.1) is 0 Å². The largest absolute Gasteiger partial charge is 0.123 e. The Hall–Kier alpha value is 1.74. The first-order valence-corrected chi connectivity index (χ1v) is 10.2. The molecule has 6 heteroatoms. The lowest BCUT2D eigenvalue weighted by Gasteiger charge is -2.17. The van der Waals surface area contributed by atoms with E-state index in [0.717, 1.165) is 44.9 Å². The Morgan fingerprint density at radius 3 is 1.14 bits per heavy atom. The van der Waals surface area contributed by atoms with Crippen molar-refractivity contribution in [1.29, 1.82) is 0 Å². The van der Waals surface area contributed by atoms with Crippen LogP contribution in [0.25, 0.3) is 0 Å². The number of halogens is 6. The summed E-state index contributed by atoms with van der Waals surface area (Å²) in [5, 5.41) is 0.443. The van der Waals surface area contributed by atoms with Crippen LogP contribution in [0.5, 0.6) is 0 Å². The van der Waals surface area contributed by atoms with Crippen LogP contribution in [0.3, 0.4) is 0 Å². The van der Waals surface area contributed by atoms with Crippen molar-refractivity contribution in [2.24, 2.45) is 0 Å². The van der Waals surface area contributed by atoms with E-state index in [1.54, 1.807) is 0 Å². The highest BCUT2D eigenvalue weighted by Crippen LogP contribution is 2.25. The summed E-state index contributed by atoms with van der Waals surface area (Å²) in [5.41, 5.74) is 0. The zero-order chi connectivity index (χ0) is 16.4. The monoisotopic (exact) mass is 416 g/mol. The molecule has 0 aromatic carbocycles. The molecular formula is C15H26Cl6. The second-order valence-electron chi connectivity index (χ2n) is 5.82. The lowest BCUT2D eigenvalue weighted by atomic mass is 10.0. The highest BCUT2D eigenvalue weighted by atomic mass is 35.5. The molecule has 128 valence electrons. The summed E-state index contributed by atoms with van der Waals surface area (Å²) in [6.07, 6.45) is 5.98. The van der Waals surface area contributed by atoms with Gasteiger partial charge in [0.1, 0.15) is 0 Å². The molecule has 0 heterocycles. The van der Waals surface area contributed by atoms with Crippen molar-refractivity contribution in [1.82, 2.24) is 0 Å². The molecule has 6 atom stereocenters. The molecule has 0 N–H and O–H groups in total. The van der Waals surface area contributed by atoms with Crippen LogP contribution >= 0.6 is 69.6 Å². The zero-order valence-corrected chi connectivity index (χ0v) is 17.2. The van der Waals surface area contributed by atoms with Crippen molar-refractivity contribution in [3.8, 4) is 0 Å². The summed E-state index contributed by atoms with van der Waals surface area (Å²) in [7, 11) is 0. The van der Waals surface area contributed by atoms with Crippen LogP contribution < -0.4 is 0 Å². The first-order chi connectivity index (χ1) is 9.70. The fourth-order valence-electron chi connectivity index (χ4n) is 2.25. The summed E-state index contributed by atoms with van der Waals surface area (Å²) in [6.45, 7) is 3.89. The smallest absolute Gasteiger partial charge is 0.0364 e. The predicted molar refractivity (Wildman–Crippen MR) is 102 cm³/mol. The minimum absolute atomic E-state index is 0.0456. The molecule has 0 nitrogen and oxygen atoms in total. The molecule has 0 saturated carbocycles. The van der Waals surface area contributed by atoms with Gasteiger partial charge in [0, 0.05) is 32.3 Å². The van der Waals surface area contributed by atoms with Gasteiger partial charge >= 0.3 is 0 Å². The minimum atomic E-state index is 0.0456. The van der Waals surface area contributed by atoms with Crippen LogP contribution in [-0.2, 0) is 0 Å². The average Bonchev–Trinajstić information content (AvgIpc) is 2.25. The van der Waals surface area contributed by atoms with Crippen molar-refractivity contribution in [2.75, 3.05) is 0 Å². The van der Waals surface area contributed by atoms with Gasteiger partial charge in [-0.05, 0) is 52.4 Å². The third-order valence-corrected chi connectivity index (χ3v) is 5.08. The highest BCUT2D eigenvalue weighted by molar-refractivity contribution is 6.25. The number of rotatable bonds is 12. The maximum atomic E-state index is 6.30. The SMILES string of the molecule is CC(Cl)CC(Cl)CC(Cl)CCCC(Cl)CC(Cl)CC(C)Cl. The van der Waals surface area contributed by atoms with Gasteiger partial charge in [0.2, 0.25) is 0 Å². The summed E-state index contributed by atoms with van der Waals surface area (Å²) in [4.78, 5) is 0. The molecule has 0 rings (SSSR count). The van der Waals surface area contributed by atoms with Gasteiger partial charge in [0.25, 0.3) is 0 Å². The van der Waals surface area contributed by atoms with E-state index in [4.69, 9.17) is 69.6 Å². The topological polar surface area (TPSA) is 0 Å². The van der Waals surface area contributed by atoms with E-state index in [1.807, 2.05) is 13.8 Å². The molecule has 21 heavy (non-hydrogen) atoms. The summed E-state index contributed by atoms with van der Waals surface area (Å²) in [6, 6.07) is 0. The summed E-state index contributed by atoms with van der Waals surface area (Å²) < 4.78 is 0. The van der Waals surface area contributed by atoms with Gasteiger partial charge in [0.05, 0.1) is 0 Å². The molecule has 6 unspecified atom stereocenters. The van der Waals surface area contributed by atoms with E-state index < -0.39 is 0 Å². The quantitative estimate of drug-likeness (QED) is 0.289. The van der Waals surface area contributed by atoms with Crippen molar-refractivity contribution >= 4 is 69.6 Å². The van der Waals surface area contributed by atoms with Gasteiger partial charge in [-0.15, -0.1) is 69.6 Å². The van der Waals surface area contributed by atoms with E-state index in [-0.39, 0.29) is 32.3 Å². The lowest BCUT2D eigenvalue weighted by molar-refractivity contribution is 0.557. The van der Waals surface area contributed by atoms with E-state index in [2.05, 4.69) is 0 Å². The van der Waals surface area contributed by atoms with Gasteiger partial charge in [0.15, 0.2) is 0 Å². The Labute approximate surface area is 160 Å². The third kappa shape index (κ3) is 15.0. The van der Waals surface area contributed by atoms with Gasteiger partial charge < -0.3 is 0 Å². The molecule has 0 fully saturated rings. The normalized spacial score (nSPS) is 20.6. The fraction of sp³-hybridized carbons (Fsp3) is 1.00. The zero-order valence-electron chi connectivity index (χ0n) is 12.7. The standard InChI is InChI=1S/C15H26Cl6/c1-10(16)6-14(20)8-12(18)4-3-5-13(19)9-15(21)7-11(2)17/h10-15H,3-9H2,1-2H3.